The standard InChI is InChI=1S/C14H20N4/c1-4-18-13(9-11(3)17-18)14(16-15)12-7-5-6-10(2)8-12/h5-9,14,16H,4,15H2,1-3H3. The van der Waals surface area contributed by atoms with Gasteiger partial charge in [-0.3, -0.25) is 10.5 Å². The van der Waals surface area contributed by atoms with E-state index < -0.39 is 0 Å². The van der Waals surface area contributed by atoms with Crippen molar-refractivity contribution in [2.24, 2.45) is 5.84 Å². The van der Waals surface area contributed by atoms with Crippen LogP contribution >= 0.6 is 0 Å². The molecule has 2 rings (SSSR count). The summed E-state index contributed by atoms with van der Waals surface area (Å²) in [5.74, 6) is 5.73. The summed E-state index contributed by atoms with van der Waals surface area (Å²) in [5.41, 5.74) is 7.39. The zero-order valence-corrected chi connectivity index (χ0v) is 11.1. The molecular weight excluding hydrogens is 224 g/mol. The number of nitrogens with one attached hydrogen (secondary N) is 1. The number of benzene rings is 1. The third-order valence-electron chi connectivity index (χ3n) is 3.07. The number of hydrogen-bond donors (Lipinski definition) is 2. The molecule has 0 bridgehead atoms. The van der Waals surface area contributed by atoms with Gasteiger partial charge in [-0.1, -0.05) is 29.8 Å². The average Bonchev–Trinajstić information content (AvgIpc) is 2.71. The van der Waals surface area contributed by atoms with E-state index in [1.54, 1.807) is 0 Å². The van der Waals surface area contributed by atoms with Crippen LogP contribution in [0.1, 0.15) is 35.5 Å². The average molecular weight is 244 g/mol. The van der Waals surface area contributed by atoms with Crippen molar-refractivity contribution in [2.45, 2.75) is 33.4 Å². The maximum absolute atomic E-state index is 5.73. The molecule has 0 radical (unpaired) electrons. The van der Waals surface area contributed by atoms with E-state index in [0.29, 0.717) is 0 Å². The molecular formula is C14H20N4. The van der Waals surface area contributed by atoms with Crippen molar-refractivity contribution >= 4 is 0 Å². The Morgan fingerprint density at radius 1 is 1.33 bits per heavy atom. The van der Waals surface area contributed by atoms with E-state index in [1.807, 2.05) is 11.6 Å². The molecule has 0 aliphatic heterocycles. The van der Waals surface area contributed by atoms with E-state index >= 15 is 0 Å². The summed E-state index contributed by atoms with van der Waals surface area (Å²) >= 11 is 0. The predicted molar refractivity (Wildman–Crippen MR) is 73.0 cm³/mol. The molecule has 2 aromatic rings. The van der Waals surface area contributed by atoms with E-state index in [1.165, 1.54) is 5.56 Å². The molecule has 4 heteroatoms. The van der Waals surface area contributed by atoms with Gasteiger partial charge in [0.1, 0.15) is 0 Å². The molecule has 0 fully saturated rings. The summed E-state index contributed by atoms with van der Waals surface area (Å²) in [6, 6.07) is 10.4. The van der Waals surface area contributed by atoms with Crippen molar-refractivity contribution in [2.75, 3.05) is 0 Å². The third-order valence-corrected chi connectivity index (χ3v) is 3.07. The van der Waals surface area contributed by atoms with Crippen LogP contribution in [0.5, 0.6) is 0 Å². The summed E-state index contributed by atoms with van der Waals surface area (Å²) < 4.78 is 1.99. The number of hydrogen-bond acceptors (Lipinski definition) is 3. The minimum absolute atomic E-state index is 0.0222. The topological polar surface area (TPSA) is 55.9 Å². The highest BCUT2D eigenvalue weighted by atomic mass is 15.3. The largest absolute Gasteiger partial charge is 0.271 e. The van der Waals surface area contributed by atoms with Gasteiger partial charge in [-0.2, -0.15) is 5.10 Å². The summed E-state index contributed by atoms with van der Waals surface area (Å²) in [5, 5.41) is 4.47. The normalized spacial score (nSPS) is 12.7. The zero-order chi connectivity index (χ0) is 13.1. The second-order valence-corrected chi connectivity index (χ2v) is 4.54. The Kier molecular flexibility index (Phi) is 3.79. The Bertz CT molecular complexity index is 530. The van der Waals surface area contributed by atoms with E-state index in [4.69, 9.17) is 5.84 Å². The first-order valence-corrected chi connectivity index (χ1v) is 6.22. The van der Waals surface area contributed by atoms with Crippen molar-refractivity contribution in [3.05, 3.63) is 52.8 Å². The molecule has 0 aliphatic rings. The van der Waals surface area contributed by atoms with Crippen molar-refractivity contribution in [1.82, 2.24) is 15.2 Å². The maximum Gasteiger partial charge on any atom is 0.0878 e. The van der Waals surface area contributed by atoms with Crippen LogP contribution in [-0.2, 0) is 6.54 Å². The number of hydrazine groups is 1. The van der Waals surface area contributed by atoms with Crippen LogP contribution in [0.3, 0.4) is 0 Å². The lowest BCUT2D eigenvalue weighted by atomic mass is 10.0. The van der Waals surface area contributed by atoms with Crippen LogP contribution in [0, 0.1) is 13.8 Å². The molecule has 0 saturated heterocycles. The first-order valence-electron chi connectivity index (χ1n) is 6.22. The van der Waals surface area contributed by atoms with Gasteiger partial charge >= 0.3 is 0 Å². The summed E-state index contributed by atoms with van der Waals surface area (Å²) in [4.78, 5) is 0. The predicted octanol–water partition coefficient (Wildman–Crippen LogP) is 2.07. The first kappa shape index (κ1) is 12.8. The highest BCUT2D eigenvalue weighted by Crippen LogP contribution is 2.22. The lowest BCUT2D eigenvalue weighted by Gasteiger charge is -2.18. The van der Waals surface area contributed by atoms with Crippen LogP contribution in [0.15, 0.2) is 30.3 Å². The fourth-order valence-electron chi connectivity index (χ4n) is 2.25. The second kappa shape index (κ2) is 5.33. The van der Waals surface area contributed by atoms with Gasteiger partial charge in [0.05, 0.1) is 17.4 Å². The Morgan fingerprint density at radius 3 is 2.72 bits per heavy atom. The highest BCUT2D eigenvalue weighted by Gasteiger charge is 2.17. The summed E-state index contributed by atoms with van der Waals surface area (Å²) in [6.07, 6.45) is 0. The van der Waals surface area contributed by atoms with E-state index in [-0.39, 0.29) is 6.04 Å². The molecule has 1 aromatic carbocycles. The third kappa shape index (κ3) is 2.44. The van der Waals surface area contributed by atoms with Gasteiger partial charge in [0.25, 0.3) is 0 Å². The van der Waals surface area contributed by atoms with Gasteiger partial charge < -0.3 is 0 Å². The Hall–Kier alpha value is -1.65. The Morgan fingerprint density at radius 2 is 2.11 bits per heavy atom. The van der Waals surface area contributed by atoms with E-state index in [0.717, 1.165) is 23.5 Å². The smallest absolute Gasteiger partial charge is 0.0878 e. The zero-order valence-electron chi connectivity index (χ0n) is 11.1. The molecule has 0 saturated carbocycles. The maximum atomic E-state index is 5.73. The minimum Gasteiger partial charge on any atom is -0.271 e. The lowest BCUT2D eigenvalue weighted by molar-refractivity contribution is 0.542. The van der Waals surface area contributed by atoms with Crippen molar-refractivity contribution < 1.29 is 0 Å². The monoisotopic (exact) mass is 244 g/mol. The van der Waals surface area contributed by atoms with Gasteiger partial charge in [-0.05, 0) is 32.4 Å². The molecule has 1 atom stereocenters. The Balaban J connectivity index is 2.44. The molecule has 1 heterocycles. The fourth-order valence-corrected chi connectivity index (χ4v) is 2.25. The van der Waals surface area contributed by atoms with Gasteiger partial charge in [0.15, 0.2) is 0 Å². The first-order chi connectivity index (χ1) is 8.65. The van der Waals surface area contributed by atoms with Crippen molar-refractivity contribution in [1.29, 1.82) is 0 Å². The highest BCUT2D eigenvalue weighted by molar-refractivity contribution is 5.31. The van der Waals surface area contributed by atoms with Crippen LogP contribution in [0.25, 0.3) is 0 Å². The molecule has 1 unspecified atom stereocenters. The van der Waals surface area contributed by atoms with Gasteiger partial charge in [-0.15, -0.1) is 0 Å². The Labute approximate surface area is 108 Å². The molecule has 0 amide bonds. The molecule has 1 aromatic heterocycles. The van der Waals surface area contributed by atoms with Gasteiger partial charge in [0, 0.05) is 6.54 Å². The minimum atomic E-state index is -0.0222. The quantitative estimate of drug-likeness (QED) is 0.639. The fraction of sp³-hybridized carbons (Fsp3) is 0.357. The number of aromatic nitrogens is 2. The molecule has 18 heavy (non-hydrogen) atoms. The van der Waals surface area contributed by atoms with Crippen LogP contribution in [-0.4, -0.2) is 9.78 Å². The van der Waals surface area contributed by atoms with Crippen LogP contribution in [0.4, 0.5) is 0 Å². The molecule has 96 valence electrons. The van der Waals surface area contributed by atoms with Crippen molar-refractivity contribution in [3.63, 3.8) is 0 Å². The molecule has 0 aliphatic carbocycles. The number of nitrogens with two attached hydrogens (primary N) is 1. The second-order valence-electron chi connectivity index (χ2n) is 4.54. The molecule has 3 N–H and O–H groups in total. The van der Waals surface area contributed by atoms with Gasteiger partial charge in [0.2, 0.25) is 0 Å². The number of nitrogens with zero attached hydrogens (tertiary/aromatic N) is 2. The van der Waals surface area contributed by atoms with Crippen LogP contribution < -0.4 is 11.3 Å². The molecule has 4 nitrogen and oxygen atoms in total. The summed E-state index contributed by atoms with van der Waals surface area (Å²) in [6.45, 7) is 7.01. The van der Waals surface area contributed by atoms with E-state index in [9.17, 15) is 0 Å². The van der Waals surface area contributed by atoms with Crippen molar-refractivity contribution in [3.8, 4) is 0 Å². The number of aryl methyl sites for hydroxylation is 3. The summed E-state index contributed by atoms with van der Waals surface area (Å²) in [7, 11) is 0. The number of rotatable bonds is 4. The lowest BCUT2D eigenvalue weighted by Crippen LogP contribution is -2.30. The van der Waals surface area contributed by atoms with Gasteiger partial charge in [-0.25, -0.2) is 5.43 Å². The SMILES string of the molecule is CCn1nc(C)cc1C(NN)c1cccc(C)c1. The molecule has 0 spiro atoms. The van der Waals surface area contributed by atoms with Crippen LogP contribution in [0.2, 0.25) is 0 Å². The van der Waals surface area contributed by atoms with E-state index in [2.05, 4.69) is 54.7 Å².